The minimum Gasteiger partial charge on any atom is -0.492 e. The minimum atomic E-state index is -3.38. The van der Waals surface area contributed by atoms with Crippen LogP contribution < -0.4 is 14.2 Å². The van der Waals surface area contributed by atoms with E-state index >= 15 is 0 Å². The van der Waals surface area contributed by atoms with E-state index in [0.717, 1.165) is 25.7 Å². The largest absolute Gasteiger partial charge is 0.492 e. The maximum absolute atomic E-state index is 12.2. The van der Waals surface area contributed by atoms with Crippen molar-refractivity contribution >= 4 is 21.6 Å². The van der Waals surface area contributed by atoms with Gasteiger partial charge in [0.15, 0.2) is 0 Å². The first-order valence-corrected chi connectivity index (χ1v) is 11.0. The van der Waals surface area contributed by atoms with Crippen molar-refractivity contribution in [2.45, 2.75) is 37.8 Å². The molecule has 1 aromatic heterocycles. The van der Waals surface area contributed by atoms with Gasteiger partial charge < -0.3 is 9.47 Å². The van der Waals surface area contributed by atoms with E-state index in [-0.39, 0.29) is 24.5 Å². The van der Waals surface area contributed by atoms with Crippen LogP contribution in [0.15, 0.2) is 48.7 Å². The number of nitrogens with one attached hydrogen (secondary N) is 1. The Kier molecular flexibility index (Phi) is 6.93. The van der Waals surface area contributed by atoms with E-state index in [9.17, 15) is 8.42 Å². The SMILES string of the molecule is O=S(=O)(CCOc1ccccc1)NC1CCC(Oc2ccc(Cl)cn2)CC1. The van der Waals surface area contributed by atoms with E-state index in [2.05, 4.69) is 9.71 Å². The number of para-hydroxylation sites is 1. The smallest absolute Gasteiger partial charge is 0.215 e. The Labute approximate surface area is 164 Å². The number of pyridine rings is 1. The third kappa shape index (κ3) is 6.68. The average Bonchev–Trinajstić information content (AvgIpc) is 2.66. The van der Waals surface area contributed by atoms with Crippen LogP contribution in [0.25, 0.3) is 0 Å². The van der Waals surface area contributed by atoms with Crippen molar-refractivity contribution < 1.29 is 17.9 Å². The summed E-state index contributed by atoms with van der Waals surface area (Å²) in [6.45, 7) is 0.125. The van der Waals surface area contributed by atoms with Gasteiger partial charge in [0.2, 0.25) is 15.9 Å². The molecule has 0 spiro atoms. The molecule has 0 bridgehead atoms. The number of hydrogen-bond donors (Lipinski definition) is 1. The van der Waals surface area contributed by atoms with Crippen molar-refractivity contribution in [3.8, 4) is 11.6 Å². The van der Waals surface area contributed by atoms with E-state index in [1.54, 1.807) is 30.5 Å². The van der Waals surface area contributed by atoms with Crippen LogP contribution in [0, 0.1) is 0 Å². The molecule has 0 atom stereocenters. The summed E-state index contributed by atoms with van der Waals surface area (Å²) in [6.07, 6.45) is 4.61. The molecule has 8 heteroatoms. The number of hydrogen-bond acceptors (Lipinski definition) is 5. The predicted molar refractivity (Wildman–Crippen MR) is 105 cm³/mol. The lowest BCUT2D eigenvalue weighted by atomic mass is 9.94. The highest BCUT2D eigenvalue weighted by Gasteiger charge is 2.26. The Morgan fingerprint density at radius 2 is 1.81 bits per heavy atom. The van der Waals surface area contributed by atoms with Gasteiger partial charge in [-0.3, -0.25) is 0 Å². The van der Waals surface area contributed by atoms with Crippen LogP contribution in [0.5, 0.6) is 11.6 Å². The number of nitrogens with zero attached hydrogens (tertiary/aromatic N) is 1. The van der Waals surface area contributed by atoms with Crippen LogP contribution in [-0.4, -0.2) is 37.9 Å². The highest BCUT2D eigenvalue weighted by molar-refractivity contribution is 7.89. The minimum absolute atomic E-state index is 0.0424. The Bertz CT molecular complexity index is 807. The third-order valence-corrected chi connectivity index (χ3v) is 5.99. The molecule has 27 heavy (non-hydrogen) atoms. The van der Waals surface area contributed by atoms with Crippen molar-refractivity contribution in [3.05, 3.63) is 53.7 Å². The van der Waals surface area contributed by atoms with Gasteiger partial charge in [0.1, 0.15) is 18.5 Å². The summed E-state index contributed by atoms with van der Waals surface area (Å²) in [5.41, 5.74) is 0. The molecule has 2 aromatic rings. The number of halogens is 1. The second kappa shape index (κ2) is 9.39. The number of aromatic nitrogens is 1. The number of sulfonamides is 1. The highest BCUT2D eigenvalue weighted by atomic mass is 35.5. The van der Waals surface area contributed by atoms with Gasteiger partial charge in [0, 0.05) is 18.3 Å². The second-order valence-corrected chi connectivity index (χ2v) is 8.81. The normalized spacial score (nSPS) is 20.2. The fourth-order valence-electron chi connectivity index (χ4n) is 3.00. The van der Waals surface area contributed by atoms with Crippen LogP contribution in [0.1, 0.15) is 25.7 Å². The van der Waals surface area contributed by atoms with E-state index in [0.29, 0.717) is 16.7 Å². The molecule has 0 saturated heterocycles. The molecule has 0 amide bonds. The molecule has 1 aromatic carbocycles. The van der Waals surface area contributed by atoms with Crippen LogP contribution in [-0.2, 0) is 10.0 Å². The van der Waals surface area contributed by atoms with Crippen LogP contribution in [0.4, 0.5) is 0 Å². The average molecular weight is 411 g/mol. The van der Waals surface area contributed by atoms with E-state index in [1.807, 2.05) is 18.2 Å². The summed E-state index contributed by atoms with van der Waals surface area (Å²) in [7, 11) is -3.38. The van der Waals surface area contributed by atoms with E-state index < -0.39 is 10.0 Å². The molecule has 1 aliphatic carbocycles. The van der Waals surface area contributed by atoms with E-state index in [4.69, 9.17) is 21.1 Å². The van der Waals surface area contributed by atoms with Crippen LogP contribution >= 0.6 is 11.6 Å². The second-order valence-electron chi connectivity index (χ2n) is 6.50. The summed E-state index contributed by atoms with van der Waals surface area (Å²) < 4.78 is 38.6. The molecule has 146 valence electrons. The van der Waals surface area contributed by atoms with E-state index in [1.165, 1.54) is 0 Å². The lowest BCUT2D eigenvalue weighted by Crippen LogP contribution is -2.41. The van der Waals surface area contributed by atoms with Crippen molar-refractivity contribution in [1.82, 2.24) is 9.71 Å². The quantitative estimate of drug-likeness (QED) is 0.721. The first-order valence-electron chi connectivity index (χ1n) is 8.96. The van der Waals surface area contributed by atoms with Gasteiger partial charge in [-0.25, -0.2) is 18.1 Å². The highest BCUT2D eigenvalue weighted by Crippen LogP contribution is 2.24. The molecule has 1 fully saturated rings. The Balaban J connectivity index is 1.39. The van der Waals surface area contributed by atoms with Gasteiger partial charge in [0.05, 0.1) is 10.8 Å². The van der Waals surface area contributed by atoms with Gasteiger partial charge in [-0.05, 0) is 43.9 Å². The van der Waals surface area contributed by atoms with Gasteiger partial charge in [-0.1, -0.05) is 29.8 Å². The maximum atomic E-state index is 12.2. The molecule has 0 radical (unpaired) electrons. The molecular weight excluding hydrogens is 388 g/mol. The van der Waals surface area contributed by atoms with Gasteiger partial charge in [0.25, 0.3) is 0 Å². The zero-order chi connectivity index (χ0) is 19.1. The summed E-state index contributed by atoms with van der Waals surface area (Å²) >= 11 is 5.81. The number of benzene rings is 1. The Hall–Kier alpha value is -1.83. The first kappa shape index (κ1) is 19.9. The molecule has 6 nitrogen and oxygen atoms in total. The number of ether oxygens (including phenoxy) is 2. The lowest BCUT2D eigenvalue weighted by Gasteiger charge is -2.29. The molecule has 1 heterocycles. The van der Waals surface area contributed by atoms with Crippen molar-refractivity contribution in [2.75, 3.05) is 12.4 Å². The molecule has 0 aliphatic heterocycles. The monoisotopic (exact) mass is 410 g/mol. The zero-order valence-electron chi connectivity index (χ0n) is 14.9. The molecule has 1 aliphatic rings. The Morgan fingerprint density at radius 3 is 2.48 bits per heavy atom. The van der Waals surface area contributed by atoms with Crippen molar-refractivity contribution in [2.24, 2.45) is 0 Å². The summed E-state index contributed by atoms with van der Waals surface area (Å²) in [5.74, 6) is 1.15. The lowest BCUT2D eigenvalue weighted by molar-refractivity contribution is 0.138. The standard InChI is InChI=1S/C19H23ClN2O4S/c20-15-6-11-19(21-14-15)26-18-9-7-16(8-10-18)22-27(23,24)13-12-25-17-4-2-1-3-5-17/h1-6,11,14,16,18,22H,7-10,12-13H2. The van der Waals surface area contributed by atoms with Crippen molar-refractivity contribution in [1.29, 1.82) is 0 Å². The third-order valence-electron chi connectivity index (χ3n) is 4.37. The molecule has 3 rings (SSSR count). The number of rotatable bonds is 8. The molecular formula is C19H23ClN2O4S. The molecule has 0 unspecified atom stereocenters. The van der Waals surface area contributed by atoms with Crippen LogP contribution in [0.2, 0.25) is 5.02 Å². The summed E-state index contributed by atoms with van der Waals surface area (Å²) in [4.78, 5) is 4.13. The maximum Gasteiger partial charge on any atom is 0.215 e. The topological polar surface area (TPSA) is 77.5 Å². The first-order chi connectivity index (χ1) is 13.0. The van der Waals surface area contributed by atoms with Gasteiger partial charge >= 0.3 is 0 Å². The van der Waals surface area contributed by atoms with Crippen molar-refractivity contribution in [3.63, 3.8) is 0 Å². The molecule has 1 saturated carbocycles. The summed E-state index contributed by atoms with van der Waals surface area (Å²) in [5, 5.41) is 0.566. The molecule has 1 N–H and O–H groups in total. The zero-order valence-corrected chi connectivity index (χ0v) is 16.5. The summed E-state index contributed by atoms with van der Waals surface area (Å²) in [6, 6.07) is 12.6. The predicted octanol–water partition coefficient (Wildman–Crippen LogP) is 3.42. The van der Waals surface area contributed by atoms with Crippen LogP contribution in [0.3, 0.4) is 0 Å². The fraction of sp³-hybridized carbons (Fsp3) is 0.421. The van der Waals surface area contributed by atoms with Gasteiger partial charge in [-0.15, -0.1) is 0 Å². The Morgan fingerprint density at radius 1 is 1.07 bits per heavy atom. The van der Waals surface area contributed by atoms with Gasteiger partial charge in [-0.2, -0.15) is 0 Å². The fourth-order valence-corrected chi connectivity index (χ4v) is 4.28.